The molecule has 254 valence electrons. The van der Waals surface area contributed by atoms with Gasteiger partial charge in [0.25, 0.3) is 5.01 Å². The summed E-state index contributed by atoms with van der Waals surface area (Å²) in [5.74, 6) is 1.71. The minimum atomic E-state index is -4.48. The molecule has 0 saturated carbocycles. The van der Waals surface area contributed by atoms with Crippen LogP contribution in [0.2, 0.25) is 0 Å². The topological polar surface area (TPSA) is 64.3 Å². The van der Waals surface area contributed by atoms with Crippen LogP contribution in [0.5, 0.6) is 0 Å². The Labute approximate surface area is 314 Å². The maximum Gasteiger partial charge on any atom is 0.265 e. The molecule has 0 atom stereocenters. The number of benzene rings is 6. The van der Waals surface area contributed by atoms with Crippen LogP contribution in [0.1, 0.15) is 5.01 Å². The molecule has 0 N–H and O–H groups in total. The van der Waals surface area contributed by atoms with Crippen LogP contribution in [0.3, 0.4) is 0 Å². The number of thiazole rings is 1. The normalized spacial score (nSPS) is 13.7. The van der Waals surface area contributed by atoms with E-state index in [2.05, 4.69) is 125 Å². The maximum absolute atomic E-state index is 11.5. The summed E-state index contributed by atoms with van der Waals surface area (Å²) in [6.07, 6.45) is 2.36. The molecule has 0 bridgehead atoms. The molecule has 2 heterocycles. The fourth-order valence-electron chi connectivity index (χ4n) is 6.29. The Bertz CT molecular complexity index is 2480. The summed E-state index contributed by atoms with van der Waals surface area (Å²) in [6.45, 7) is 1.61. The van der Waals surface area contributed by atoms with Crippen LogP contribution in [0, 0.1) is 0 Å². The van der Waals surface area contributed by atoms with Crippen LogP contribution in [0.15, 0.2) is 164 Å². The van der Waals surface area contributed by atoms with Gasteiger partial charge in [-0.3, -0.25) is 0 Å². The second kappa shape index (κ2) is 14.9. The van der Waals surface area contributed by atoms with Crippen molar-refractivity contribution in [2.45, 2.75) is 26.1 Å². The van der Waals surface area contributed by atoms with Gasteiger partial charge >= 0.3 is 0 Å². The van der Waals surface area contributed by atoms with Gasteiger partial charge in [0.05, 0.1) is 32.8 Å². The Morgan fingerprint density at radius 2 is 1.43 bits per heavy atom. The lowest BCUT2D eigenvalue weighted by molar-refractivity contribution is -0.663. The monoisotopic (exact) mass is 760 g/mol. The van der Waals surface area contributed by atoms with Gasteiger partial charge in [-0.25, -0.2) is 8.42 Å². The molecule has 7 aromatic rings. The second-order valence-corrected chi connectivity index (χ2v) is 17.8. The molecule has 1 aliphatic rings. The van der Waals surface area contributed by atoms with Gasteiger partial charge in [-0.05, 0) is 77.2 Å². The van der Waals surface area contributed by atoms with Gasteiger partial charge in [-0.15, -0.1) is 23.5 Å². The highest BCUT2D eigenvalue weighted by Crippen LogP contribution is 2.48. The number of hydrogen-bond donors (Lipinski definition) is 0. The summed E-state index contributed by atoms with van der Waals surface area (Å²) in [5, 5.41) is 4.88. The summed E-state index contributed by atoms with van der Waals surface area (Å²) in [4.78, 5) is 5.62. The van der Waals surface area contributed by atoms with Crippen molar-refractivity contribution in [3.63, 3.8) is 0 Å². The molecule has 51 heavy (non-hydrogen) atoms. The molecule has 10 heteroatoms. The van der Waals surface area contributed by atoms with E-state index in [0.29, 0.717) is 0 Å². The molecule has 1 aromatic heterocycles. The number of nitrogens with zero attached hydrogens (tertiary/aromatic N) is 2. The van der Waals surface area contributed by atoms with E-state index < -0.39 is 10.1 Å². The summed E-state index contributed by atoms with van der Waals surface area (Å²) < 4.78 is 38.1. The zero-order valence-corrected chi connectivity index (χ0v) is 31.4. The lowest BCUT2D eigenvalue weighted by Crippen LogP contribution is -2.36. The number of anilines is 1. The molecule has 0 unspecified atom stereocenters. The fraction of sp³-hybridized carbons (Fsp3) is 0.0976. The van der Waals surface area contributed by atoms with Gasteiger partial charge in [0, 0.05) is 27.0 Å². The van der Waals surface area contributed by atoms with Gasteiger partial charge < -0.3 is 9.45 Å². The lowest BCUT2D eigenvalue weighted by atomic mass is 10.0. The number of hydrogen-bond acceptors (Lipinski definition) is 8. The summed E-state index contributed by atoms with van der Waals surface area (Å²) in [7, 11) is -4.48. The molecular weight excluding hydrogens is 729 g/mol. The number of thioether (sulfide) groups is 3. The third-order valence-corrected chi connectivity index (χ3v) is 13.8. The molecule has 8 rings (SSSR count). The first-order valence-corrected chi connectivity index (χ1v) is 21.5. The van der Waals surface area contributed by atoms with Gasteiger partial charge in [-0.2, -0.15) is 4.57 Å². The van der Waals surface area contributed by atoms with Crippen LogP contribution < -0.4 is 9.47 Å². The average molecular weight is 761 g/mol. The van der Waals surface area contributed by atoms with E-state index in [1.54, 1.807) is 35.7 Å². The minimum Gasteiger partial charge on any atom is -0.744 e. The van der Waals surface area contributed by atoms with Gasteiger partial charge in [0.1, 0.15) is 14.8 Å². The van der Waals surface area contributed by atoms with E-state index in [1.807, 2.05) is 29.2 Å². The predicted molar refractivity (Wildman–Crippen MR) is 215 cm³/mol. The molecule has 0 saturated heterocycles. The van der Waals surface area contributed by atoms with Gasteiger partial charge in [-0.1, -0.05) is 102 Å². The highest BCUT2D eigenvalue weighted by atomic mass is 32.2. The third kappa shape index (κ3) is 7.48. The summed E-state index contributed by atoms with van der Waals surface area (Å²) >= 11 is 7.16. The van der Waals surface area contributed by atoms with Crippen molar-refractivity contribution in [3.05, 3.63) is 150 Å². The minimum absolute atomic E-state index is 0.207. The van der Waals surface area contributed by atoms with Crippen LogP contribution in [-0.4, -0.2) is 31.0 Å². The third-order valence-electron chi connectivity index (χ3n) is 8.72. The molecule has 0 radical (unpaired) electrons. The molecule has 0 spiro atoms. The van der Waals surface area contributed by atoms with Gasteiger partial charge in [0.15, 0.2) is 6.54 Å². The number of fused-ring (bicyclic) bond motifs is 4. The Kier molecular flexibility index (Phi) is 9.96. The number of aromatic nitrogens is 1. The average Bonchev–Trinajstić information content (AvgIpc) is 3.69. The smallest absolute Gasteiger partial charge is 0.265 e. The van der Waals surface area contributed by atoms with Crippen LogP contribution in [-0.2, 0) is 16.7 Å². The quantitative estimate of drug-likeness (QED) is 0.0739. The van der Waals surface area contributed by atoms with Crippen LogP contribution in [0.25, 0.3) is 38.2 Å². The highest BCUT2D eigenvalue weighted by molar-refractivity contribution is 8.04. The predicted octanol–water partition coefficient (Wildman–Crippen LogP) is 10.4. The van der Waals surface area contributed by atoms with Crippen molar-refractivity contribution < 1.29 is 17.5 Å². The first-order valence-electron chi connectivity index (χ1n) is 16.5. The Morgan fingerprint density at radius 3 is 2.22 bits per heavy atom. The molecule has 0 aliphatic carbocycles. The Morgan fingerprint density at radius 1 is 0.725 bits per heavy atom. The first kappa shape index (κ1) is 34.1. The van der Waals surface area contributed by atoms with Crippen LogP contribution >= 0.6 is 46.6 Å². The summed E-state index contributed by atoms with van der Waals surface area (Å²) in [5.41, 5.74) is 4.80. The second-order valence-electron chi connectivity index (χ2n) is 11.9. The van der Waals surface area contributed by atoms with Crippen molar-refractivity contribution in [1.29, 1.82) is 0 Å². The van der Waals surface area contributed by atoms with Gasteiger partial charge in [0.2, 0.25) is 5.52 Å². The van der Waals surface area contributed by atoms with Crippen molar-refractivity contribution in [2.75, 3.05) is 23.0 Å². The maximum atomic E-state index is 11.5. The van der Waals surface area contributed by atoms with Crippen molar-refractivity contribution >= 4 is 89.5 Å². The first-order chi connectivity index (χ1) is 24.9. The van der Waals surface area contributed by atoms with E-state index in [-0.39, 0.29) is 4.90 Å². The van der Waals surface area contributed by atoms with Crippen molar-refractivity contribution in [3.8, 4) is 11.1 Å². The zero-order valence-electron chi connectivity index (χ0n) is 27.3. The highest BCUT2D eigenvalue weighted by Gasteiger charge is 2.29. The standard InChI is InChI=1S/C41H32N2O3S5/c44-51(45,46)34-19-17-33(18-20-34)48-25-23-42-36-27-31(29-9-3-1-4-10-29)16-21-37(36)49-39(42)28-40-43(24-26-47-32-12-5-2-6-13-32)41-35-14-8-7-11-30(35)15-22-38(41)50-40/h1-22,27-28H,23-26H2. The van der Waals surface area contributed by atoms with E-state index in [0.717, 1.165) is 29.5 Å². The molecular formula is C41H32N2O3S5. The number of rotatable bonds is 11. The van der Waals surface area contributed by atoms with E-state index in [9.17, 15) is 13.0 Å². The Hall–Kier alpha value is -4.03. The number of aryl methyl sites for hydroxylation is 1. The van der Waals surface area contributed by atoms with Crippen LogP contribution in [0.4, 0.5) is 5.69 Å². The van der Waals surface area contributed by atoms with Crippen molar-refractivity contribution in [1.82, 2.24) is 0 Å². The molecule has 0 fully saturated rings. The van der Waals surface area contributed by atoms with E-state index in [4.69, 9.17) is 0 Å². The largest absolute Gasteiger partial charge is 0.744 e. The molecule has 5 nitrogen and oxygen atoms in total. The molecule has 6 aromatic carbocycles. The fourth-order valence-corrected chi connectivity index (χ4v) is 10.8. The molecule has 1 aliphatic heterocycles. The Balaban J connectivity index is 1.16. The summed E-state index contributed by atoms with van der Waals surface area (Å²) in [6, 6.07) is 47.1. The van der Waals surface area contributed by atoms with E-state index >= 15 is 0 Å². The zero-order chi connectivity index (χ0) is 34.8. The lowest BCUT2D eigenvalue weighted by Gasteiger charge is -2.21. The van der Waals surface area contributed by atoms with E-state index in [1.165, 1.54) is 69.8 Å². The SMILES string of the molecule is O=S(=O)([O-])c1ccc(SCCN2C(=Cc3sc4ccc5ccccc5c4[n+]3CCSc3ccccc3)Sc3ccc(-c4ccccc4)cc32)cc1. The van der Waals surface area contributed by atoms with Crippen molar-refractivity contribution in [2.24, 2.45) is 0 Å². The molecule has 0 amide bonds.